The molecular formula is C20H20ClN3O2. The average Bonchev–Trinajstić information content (AvgIpc) is 2.63. The summed E-state index contributed by atoms with van der Waals surface area (Å²) < 4.78 is 0. The summed E-state index contributed by atoms with van der Waals surface area (Å²) in [5.74, 6) is 0.424. The van der Waals surface area contributed by atoms with Crippen LogP contribution >= 0.6 is 11.6 Å². The van der Waals surface area contributed by atoms with Crippen LogP contribution in [-0.2, 0) is 0 Å². The summed E-state index contributed by atoms with van der Waals surface area (Å²) in [4.78, 5) is 28.8. The van der Waals surface area contributed by atoms with Crippen molar-refractivity contribution in [1.82, 2.24) is 9.80 Å². The van der Waals surface area contributed by atoms with Crippen LogP contribution < -0.4 is 5.32 Å². The first-order chi connectivity index (χ1) is 12.6. The highest BCUT2D eigenvalue weighted by atomic mass is 35.5. The fourth-order valence-electron chi connectivity index (χ4n) is 3.80. The minimum Gasteiger partial charge on any atom is -0.338 e. The fourth-order valence-corrected chi connectivity index (χ4v) is 3.99. The van der Waals surface area contributed by atoms with Crippen molar-refractivity contribution in [1.29, 1.82) is 0 Å². The molecule has 5 nitrogen and oxygen atoms in total. The highest BCUT2D eigenvalue weighted by molar-refractivity contribution is 6.30. The highest BCUT2D eigenvalue weighted by Gasteiger charge is 2.45. The van der Waals surface area contributed by atoms with Crippen LogP contribution in [0.4, 0.5) is 10.5 Å². The van der Waals surface area contributed by atoms with Crippen LogP contribution in [0, 0.1) is 5.92 Å². The first-order valence-electron chi connectivity index (χ1n) is 8.79. The van der Waals surface area contributed by atoms with Gasteiger partial charge in [0.05, 0.1) is 0 Å². The van der Waals surface area contributed by atoms with Crippen LogP contribution in [0.1, 0.15) is 16.8 Å². The van der Waals surface area contributed by atoms with Crippen LogP contribution in [-0.4, -0.2) is 47.4 Å². The van der Waals surface area contributed by atoms with Crippen molar-refractivity contribution < 1.29 is 9.59 Å². The van der Waals surface area contributed by atoms with Gasteiger partial charge in [-0.15, -0.1) is 0 Å². The molecule has 2 saturated heterocycles. The van der Waals surface area contributed by atoms with Crippen molar-refractivity contribution in [3.63, 3.8) is 0 Å². The quantitative estimate of drug-likeness (QED) is 0.877. The summed E-state index contributed by atoms with van der Waals surface area (Å²) in [6.07, 6.45) is 0.812. The van der Waals surface area contributed by atoms with E-state index in [2.05, 4.69) is 5.32 Å². The lowest BCUT2D eigenvalue weighted by Gasteiger charge is -2.53. The van der Waals surface area contributed by atoms with E-state index < -0.39 is 0 Å². The molecule has 2 aliphatic heterocycles. The summed E-state index contributed by atoms with van der Waals surface area (Å²) in [5.41, 5.74) is 1.42. The van der Waals surface area contributed by atoms with Gasteiger partial charge >= 0.3 is 6.03 Å². The number of fused-ring (bicyclic) bond motifs is 1. The van der Waals surface area contributed by atoms with E-state index in [1.54, 1.807) is 12.1 Å². The van der Waals surface area contributed by atoms with Gasteiger partial charge in [0.25, 0.3) is 5.91 Å². The number of piperidine rings is 1. The molecule has 0 aliphatic carbocycles. The Hall–Kier alpha value is -2.53. The third-order valence-electron chi connectivity index (χ3n) is 5.17. The van der Waals surface area contributed by atoms with Gasteiger partial charge < -0.3 is 15.1 Å². The number of anilines is 1. The Labute approximate surface area is 157 Å². The van der Waals surface area contributed by atoms with E-state index in [4.69, 9.17) is 11.6 Å². The normalized spacial score (nSPS) is 21.6. The minimum absolute atomic E-state index is 0.0749. The van der Waals surface area contributed by atoms with Crippen molar-refractivity contribution in [2.75, 3.05) is 25.0 Å². The molecule has 0 radical (unpaired) electrons. The molecule has 2 heterocycles. The smallest absolute Gasteiger partial charge is 0.322 e. The second-order valence-electron chi connectivity index (χ2n) is 6.83. The average molecular weight is 370 g/mol. The van der Waals surface area contributed by atoms with Crippen LogP contribution in [0.3, 0.4) is 0 Å². The molecule has 0 saturated carbocycles. The second-order valence-corrected chi connectivity index (χ2v) is 7.26. The molecule has 6 heteroatoms. The van der Waals surface area contributed by atoms with Crippen molar-refractivity contribution >= 4 is 29.2 Å². The van der Waals surface area contributed by atoms with Crippen LogP contribution in [0.15, 0.2) is 54.6 Å². The van der Waals surface area contributed by atoms with E-state index in [0.29, 0.717) is 36.3 Å². The summed E-state index contributed by atoms with van der Waals surface area (Å²) in [5, 5.41) is 3.49. The van der Waals surface area contributed by atoms with Gasteiger partial charge in [-0.25, -0.2) is 4.79 Å². The largest absolute Gasteiger partial charge is 0.338 e. The maximum absolute atomic E-state index is 12.6. The summed E-state index contributed by atoms with van der Waals surface area (Å²) in [6.45, 7) is 2.06. The van der Waals surface area contributed by atoms with Gasteiger partial charge in [-0.3, -0.25) is 4.79 Å². The van der Waals surface area contributed by atoms with Gasteiger partial charge in [-0.1, -0.05) is 35.9 Å². The molecule has 0 spiro atoms. The first kappa shape index (κ1) is 16.9. The molecule has 26 heavy (non-hydrogen) atoms. The van der Waals surface area contributed by atoms with E-state index >= 15 is 0 Å². The van der Waals surface area contributed by atoms with Crippen LogP contribution in [0.25, 0.3) is 0 Å². The van der Waals surface area contributed by atoms with Crippen LogP contribution in [0.5, 0.6) is 0 Å². The number of likely N-dealkylation sites (tertiary alicyclic amines) is 2. The molecule has 2 aromatic rings. The van der Waals surface area contributed by atoms with Crippen molar-refractivity contribution in [2.45, 2.75) is 12.5 Å². The fraction of sp³-hybridized carbons (Fsp3) is 0.300. The van der Waals surface area contributed by atoms with E-state index in [-0.39, 0.29) is 18.0 Å². The summed E-state index contributed by atoms with van der Waals surface area (Å²) in [6, 6.07) is 16.6. The highest BCUT2D eigenvalue weighted by Crippen LogP contribution is 2.33. The molecule has 2 fully saturated rings. The molecule has 0 bridgehead atoms. The van der Waals surface area contributed by atoms with Gasteiger partial charge in [0.2, 0.25) is 0 Å². The monoisotopic (exact) mass is 369 g/mol. The zero-order chi connectivity index (χ0) is 18.1. The Balaban J connectivity index is 1.34. The van der Waals surface area contributed by atoms with E-state index in [1.165, 1.54) is 0 Å². The minimum atomic E-state index is -0.101. The van der Waals surface area contributed by atoms with Crippen molar-refractivity contribution in [3.8, 4) is 0 Å². The first-order valence-corrected chi connectivity index (χ1v) is 9.17. The number of amides is 3. The Morgan fingerprint density at radius 2 is 1.85 bits per heavy atom. The van der Waals surface area contributed by atoms with Crippen LogP contribution in [0.2, 0.25) is 5.02 Å². The van der Waals surface area contributed by atoms with Gasteiger partial charge in [0.1, 0.15) is 0 Å². The number of halogens is 1. The zero-order valence-electron chi connectivity index (χ0n) is 14.3. The van der Waals surface area contributed by atoms with Gasteiger partial charge in [-0.05, 0) is 36.8 Å². The second kappa shape index (κ2) is 7.00. The Kier molecular flexibility index (Phi) is 4.55. The van der Waals surface area contributed by atoms with E-state index in [9.17, 15) is 9.59 Å². The predicted octanol–water partition coefficient (Wildman–Crippen LogP) is 3.72. The Morgan fingerprint density at radius 1 is 1.04 bits per heavy atom. The molecule has 3 amide bonds. The van der Waals surface area contributed by atoms with Crippen molar-refractivity contribution in [2.24, 2.45) is 5.92 Å². The number of benzene rings is 2. The molecule has 4 rings (SSSR count). The molecule has 2 atom stereocenters. The van der Waals surface area contributed by atoms with Gasteiger partial charge in [-0.2, -0.15) is 0 Å². The lowest BCUT2D eigenvalue weighted by molar-refractivity contribution is -0.00564. The third-order valence-corrected chi connectivity index (χ3v) is 5.41. The number of urea groups is 1. The SMILES string of the molecule is O=C(c1ccccc1)N1CC[C@@H]2[C@H](C1)CN2C(=O)Nc1cccc(Cl)c1. The van der Waals surface area contributed by atoms with E-state index in [1.807, 2.05) is 52.3 Å². The number of carbonyl (C=O) groups excluding carboxylic acids is 2. The van der Waals surface area contributed by atoms with Gasteiger partial charge in [0.15, 0.2) is 0 Å². The molecule has 134 valence electrons. The number of nitrogens with one attached hydrogen (secondary N) is 1. The Morgan fingerprint density at radius 3 is 2.58 bits per heavy atom. The number of hydrogen-bond donors (Lipinski definition) is 1. The lowest BCUT2D eigenvalue weighted by atomic mass is 9.82. The molecule has 1 N–H and O–H groups in total. The number of carbonyl (C=O) groups is 2. The molecule has 0 aromatic heterocycles. The number of hydrogen-bond acceptors (Lipinski definition) is 2. The molecular weight excluding hydrogens is 350 g/mol. The number of nitrogens with zero attached hydrogens (tertiary/aromatic N) is 2. The maximum atomic E-state index is 12.6. The standard InChI is InChI=1S/C20H20ClN3O2/c21-16-7-4-8-17(11-16)22-20(26)24-13-15-12-23(10-9-18(15)24)19(25)14-5-2-1-3-6-14/h1-8,11,15,18H,9-10,12-13H2,(H,22,26)/t15-,18-/m1/s1. The van der Waals surface area contributed by atoms with Crippen molar-refractivity contribution in [3.05, 3.63) is 65.2 Å². The molecule has 0 unspecified atom stereocenters. The lowest BCUT2D eigenvalue weighted by Crippen LogP contribution is -2.66. The van der Waals surface area contributed by atoms with Gasteiger partial charge in [0, 0.05) is 47.9 Å². The molecule has 2 aromatic carbocycles. The number of rotatable bonds is 2. The predicted molar refractivity (Wildman–Crippen MR) is 101 cm³/mol. The summed E-state index contributed by atoms with van der Waals surface area (Å²) >= 11 is 5.96. The summed E-state index contributed by atoms with van der Waals surface area (Å²) in [7, 11) is 0. The maximum Gasteiger partial charge on any atom is 0.322 e. The van der Waals surface area contributed by atoms with E-state index in [0.717, 1.165) is 12.0 Å². The topological polar surface area (TPSA) is 52.7 Å². The molecule has 2 aliphatic rings. The third kappa shape index (κ3) is 3.27. The Bertz CT molecular complexity index is 827. The zero-order valence-corrected chi connectivity index (χ0v) is 15.0.